The van der Waals surface area contributed by atoms with E-state index in [4.69, 9.17) is 21.1 Å². The summed E-state index contributed by atoms with van der Waals surface area (Å²) in [5.74, 6) is -0.720. The molecule has 0 radical (unpaired) electrons. The Balaban J connectivity index is 1.69. The van der Waals surface area contributed by atoms with Crippen LogP contribution in [0, 0.1) is 0 Å². The molecule has 1 atom stereocenters. The summed E-state index contributed by atoms with van der Waals surface area (Å²) in [7, 11) is 0. The summed E-state index contributed by atoms with van der Waals surface area (Å²) in [6.07, 6.45) is 0.843. The number of ether oxygens (including phenoxy) is 2. The van der Waals surface area contributed by atoms with Gasteiger partial charge >= 0.3 is 5.97 Å². The fourth-order valence-corrected chi connectivity index (χ4v) is 2.75. The summed E-state index contributed by atoms with van der Waals surface area (Å²) in [6.45, 7) is 8.74. The van der Waals surface area contributed by atoms with E-state index in [2.05, 4.69) is 11.5 Å². The quantitative estimate of drug-likeness (QED) is 0.510. The first-order valence-electron chi connectivity index (χ1n) is 8.63. The van der Waals surface area contributed by atoms with Crippen molar-refractivity contribution in [3.05, 3.63) is 47.5 Å². The van der Waals surface area contributed by atoms with E-state index in [-0.39, 0.29) is 19.1 Å². The molecule has 1 unspecified atom stereocenters. The maximum absolute atomic E-state index is 12.2. The van der Waals surface area contributed by atoms with Crippen molar-refractivity contribution < 1.29 is 19.1 Å². The summed E-state index contributed by atoms with van der Waals surface area (Å²) in [4.78, 5) is 28.0. The van der Waals surface area contributed by atoms with Crippen molar-refractivity contribution in [2.75, 3.05) is 39.4 Å². The van der Waals surface area contributed by atoms with Gasteiger partial charge in [-0.05, 0) is 24.6 Å². The molecule has 142 valence electrons. The molecule has 1 amide bonds. The lowest BCUT2D eigenvalue weighted by molar-refractivity contribution is -0.161. The molecule has 1 fully saturated rings. The van der Waals surface area contributed by atoms with Crippen molar-refractivity contribution in [3.8, 4) is 0 Å². The molecule has 0 N–H and O–H groups in total. The van der Waals surface area contributed by atoms with Crippen molar-refractivity contribution >= 4 is 23.5 Å². The van der Waals surface area contributed by atoms with E-state index in [1.54, 1.807) is 17.9 Å². The molecule has 1 heterocycles. The maximum atomic E-state index is 12.2. The topological polar surface area (TPSA) is 59.1 Å². The van der Waals surface area contributed by atoms with Gasteiger partial charge in [0, 0.05) is 37.7 Å². The van der Waals surface area contributed by atoms with E-state index < -0.39 is 12.1 Å². The third-order valence-electron chi connectivity index (χ3n) is 4.18. The Morgan fingerprint density at radius 1 is 1.23 bits per heavy atom. The first-order valence-corrected chi connectivity index (χ1v) is 9.01. The summed E-state index contributed by atoms with van der Waals surface area (Å²) < 4.78 is 10.2. The highest BCUT2D eigenvalue weighted by Crippen LogP contribution is 2.13. The minimum absolute atomic E-state index is 0.180. The van der Waals surface area contributed by atoms with Gasteiger partial charge in [-0.1, -0.05) is 29.8 Å². The SMILES string of the molecule is C=CCOC(C)C(=O)OCC(=O)N1CCN(Cc2ccc(Cl)cc2)CC1. The average Bonchev–Trinajstić information content (AvgIpc) is 2.66. The molecule has 0 aromatic heterocycles. The third-order valence-corrected chi connectivity index (χ3v) is 4.43. The highest BCUT2D eigenvalue weighted by atomic mass is 35.5. The van der Waals surface area contributed by atoms with Gasteiger partial charge in [0.25, 0.3) is 5.91 Å². The fraction of sp³-hybridized carbons (Fsp3) is 0.474. The summed E-state index contributed by atoms with van der Waals surface area (Å²) in [5.41, 5.74) is 1.19. The molecule has 26 heavy (non-hydrogen) atoms. The molecule has 1 saturated heterocycles. The number of carbonyl (C=O) groups is 2. The second-order valence-electron chi connectivity index (χ2n) is 6.16. The average molecular weight is 381 g/mol. The Morgan fingerprint density at radius 3 is 2.50 bits per heavy atom. The molecule has 1 aliphatic rings. The van der Waals surface area contributed by atoms with Crippen molar-refractivity contribution in [2.24, 2.45) is 0 Å². The van der Waals surface area contributed by atoms with Crippen LogP contribution in [0.3, 0.4) is 0 Å². The van der Waals surface area contributed by atoms with Gasteiger partial charge in [-0.3, -0.25) is 9.69 Å². The number of amides is 1. The molecule has 0 bridgehead atoms. The summed E-state index contributed by atoms with van der Waals surface area (Å²) >= 11 is 5.90. The first-order chi connectivity index (χ1) is 12.5. The number of esters is 1. The summed E-state index contributed by atoms with van der Waals surface area (Å²) in [6, 6.07) is 7.78. The van der Waals surface area contributed by atoms with Gasteiger partial charge in [0.15, 0.2) is 12.7 Å². The smallest absolute Gasteiger partial charge is 0.335 e. The first kappa shape index (κ1) is 20.4. The van der Waals surface area contributed by atoms with Gasteiger partial charge < -0.3 is 14.4 Å². The van der Waals surface area contributed by atoms with E-state index in [0.29, 0.717) is 13.1 Å². The van der Waals surface area contributed by atoms with Crippen LogP contribution in [0.25, 0.3) is 0 Å². The van der Waals surface area contributed by atoms with E-state index in [9.17, 15) is 9.59 Å². The van der Waals surface area contributed by atoms with Crippen LogP contribution in [0.5, 0.6) is 0 Å². The number of hydrogen-bond donors (Lipinski definition) is 0. The zero-order valence-corrected chi connectivity index (χ0v) is 15.8. The molecule has 6 nitrogen and oxygen atoms in total. The standard InChI is InChI=1S/C19H25ClN2O4/c1-3-12-25-15(2)19(24)26-14-18(23)22-10-8-21(9-11-22)13-16-4-6-17(20)7-5-16/h3-7,15H,1,8-14H2,2H3. The molecule has 7 heteroatoms. The highest BCUT2D eigenvalue weighted by Gasteiger charge is 2.23. The second-order valence-corrected chi connectivity index (χ2v) is 6.59. The van der Waals surface area contributed by atoms with Crippen LogP contribution in [0.1, 0.15) is 12.5 Å². The molecule has 0 saturated carbocycles. The van der Waals surface area contributed by atoms with E-state index in [1.165, 1.54) is 5.56 Å². The molecule has 2 rings (SSSR count). The highest BCUT2D eigenvalue weighted by molar-refractivity contribution is 6.30. The van der Waals surface area contributed by atoms with Gasteiger partial charge in [0.1, 0.15) is 0 Å². The van der Waals surface area contributed by atoms with Crippen molar-refractivity contribution in [2.45, 2.75) is 19.6 Å². The minimum Gasteiger partial charge on any atom is -0.454 e. The monoisotopic (exact) mass is 380 g/mol. The van der Waals surface area contributed by atoms with Crippen LogP contribution in [0.4, 0.5) is 0 Å². The molecule has 1 aromatic rings. The van der Waals surface area contributed by atoms with Gasteiger partial charge in [0.05, 0.1) is 6.61 Å². The molecule has 0 aliphatic carbocycles. The van der Waals surface area contributed by atoms with Crippen LogP contribution >= 0.6 is 11.6 Å². The second kappa shape index (κ2) is 10.3. The van der Waals surface area contributed by atoms with Crippen LogP contribution in [0.15, 0.2) is 36.9 Å². The molecular weight excluding hydrogens is 356 g/mol. The Labute approximate surface area is 159 Å². The lowest BCUT2D eigenvalue weighted by Gasteiger charge is -2.34. The zero-order valence-electron chi connectivity index (χ0n) is 15.0. The number of nitrogens with zero attached hydrogens (tertiary/aromatic N) is 2. The van der Waals surface area contributed by atoms with Crippen molar-refractivity contribution in [1.29, 1.82) is 0 Å². The third kappa shape index (κ3) is 6.44. The van der Waals surface area contributed by atoms with Gasteiger partial charge in [0.2, 0.25) is 0 Å². The fourth-order valence-electron chi connectivity index (χ4n) is 2.63. The predicted octanol–water partition coefficient (Wildman–Crippen LogP) is 2.12. The summed E-state index contributed by atoms with van der Waals surface area (Å²) in [5, 5.41) is 0.725. The van der Waals surface area contributed by atoms with Crippen LogP contribution in [-0.2, 0) is 25.6 Å². The van der Waals surface area contributed by atoms with Gasteiger partial charge in [-0.25, -0.2) is 4.79 Å². The maximum Gasteiger partial charge on any atom is 0.335 e. The predicted molar refractivity (Wildman–Crippen MR) is 99.9 cm³/mol. The van der Waals surface area contributed by atoms with Crippen molar-refractivity contribution in [1.82, 2.24) is 9.80 Å². The Morgan fingerprint density at radius 2 is 1.88 bits per heavy atom. The zero-order chi connectivity index (χ0) is 18.9. The molecule has 1 aliphatic heterocycles. The number of hydrogen-bond acceptors (Lipinski definition) is 5. The molecular formula is C19H25ClN2O4. The van der Waals surface area contributed by atoms with Crippen LogP contribution < -0.4 is 0 Å². The van der Waals surface area contributed by atoms with E-state index >= 15 is 0 Å². The van der Waals surface area contributed by atoms with Crippen LogP contribution in [-0.4, -0.2) is 67.2 Å². The van der Waals surface area contributed by atoms with E-state index in [0.717, 1.165) is 24.7 Å². The lowest BCUT2D eigenvalue weighted by Crippen LogP contribution is -2.49. The van der Waals surface area contributed by atoms with Crippen LogP contribution in [0.2, 0.25) is 5.02 Å². The molecule has 1 aromatic carbocycles. The van der Waals surface area contributed by atoms with Crippen molar-refractivity contribution in [3.63, 3.8) is 0 Å². The number of carbonyl (C=O) groups excluding carboxylic acids is 2. The van der Waals surface area contributed by atoms with E-state index in [1.807, 2.05) is 24.3 Å². The molecule has 0 spiro atoms. The Bertz CT molecular complexity index is 612. The minimum atomic E-state index is -0.711. The number of rotatable bonds is 8. The number of benzene rings is 1. The normalized spacial score (nSPS) is 16.2. The van der Waals surface area contributed by atoms with Gasteiger partial charge in [-0.2, -0.15) is 0 Å². The number of halogens is 1. The van der Waals surface area contributed by atoms with Gasteiger partial charge in [-0.15, -0.1) is 6.58 Å². The Hall–Kier alpha value is -1.89. The number of piperazine rings is 1. The Kier molecular flexibility index (Phi) is 8.09. The largest absolute Gasteiger partial charge is 0.454 e. The lowest BCUT2D eigenvalue weighted by atomic mass is 10.2.